The molecule has 0 saturated carbocycles. The average molecular weight is 396 g/mol. The molecule has 0 fully saturated rings. The maximum absolute atomic E-state index is 13.0. The van der Waals surface area contributed by atoms with Crippen LogP contribution in [-0.4, -0.2) is 16.7 Å². The van der Waals surface area contributed by atoms with Crippen LogP contribution in [0.5, 0.6) is 0 Å². The molecule has 0 unspecified atom stereocenters. The first-order chi connectivity index (χ1) is 13.5. The van der Waals surface area contributed by atoms with Crippen LogP contribution in [-0.2, 0) is 4.74 Å². The zero-order valence-corrected chi connectivity index (χ0v) is 15.2. The minimum atomic E-state index is -1.27. The highest BCUT2D eigenvalue weighted by atomic mass is 35.5. The molecule has 0 spiro atoms. The molecule has 0 aliphatic rings. The van der Waals surface area contributed by atoms with Crippen molar-refractivity contribution in [1.82, 2.24) is 0 Å². The lowest BCUT2D eigenvalue weighted by molar-refractivity contribution is -0.385. The summed E-state index contributed by atoms with van der Waals surface area (Å²) in [5.41, 5.74) is 0.129. The van der Waals surface area contributed by atoms with Crippen molar-refractivity contribution < 1.29 is 19.2 Å². The monoisotopic (exact) mass is 395 g/mol. The highest BCUT2D eigenvalue weighted by Gasteiger charge is 2.29. The molecule has 0 aliphatic heterocycles. The Hall–Kier alpha value is -3.51. The summed E-state index contributed by atoms with van der Waals surface area (Å²) in [5, 5.41) is 11.6. The number of rotatable bonds is 6. The van der Waals surface area contributed by atoms with Crippen molar-refractivity contribution in [3.8, 4) is 0 Å². The van der Waals surface area contributed by atoms with E-state index in [4.69, 9.17) is 16.3 Å². The fourth-order valence-electron chi connectivity index (χ4n) is 2.64. The Morgan fingerprint density at radius 1 is 0.893 bits per heavy atom. The maximum Gasteiger partial charge on any atom is 0.346 e. The van der Waals surface area contributed by atoms with E-state index in [9.17, 15) is 19.7 Å². The number of hydrogen-bond donors (Lipinski definition) is 0. The van der Waals surface area contributed by atoms with Gasteiger partial charge in [0.1, 0.15) is 5.56 Å². The van der Waals surface area contributed by atoms with Crippen LogP contribution in [0.4, 0.5) is 5.69 Å². The third-order valence-electron chi connectivity index (χ3n) is 4.01. The van der Waals surface area contributed by atoms with Crippen molar-refractivity contribution in [1.29, 1.82) is 0 Å². The number of nitro groups is 1. The van der Waals surface area contributed by atoms with Crippen LogP contribution < -0.4 is 0 Å². The number of hydrogen-bond acceptors (Lipinski definition) is 5. The summed E-state index contributed by atoms with van der Waals surface area (Å²) in [6.45, 7) is 0. The molecule has 0 bridgehead atoms. The Labute approximate surface area is 165 Å². The number of ketones is 1. The van der Waals surface area contributed by atoms with Crippen molar-refractivity contribution >= 4 is 29.0 Å². The number of halogens is 1. The van der Waals surface area contributed by atoms with E-state index >= 15 is 0 Å². The van der Waals surface area contributed by atoms with Gasteiger partial charge in [0.2, 0.25) is 5.78 Å². The van der Waals surface area contributed by atoms with Crippen molar-refractivity contribution in [2.75, 3.05) is 0 Å². The Morgan fingerprint density at radius 3 is 2.14 bits per heavy atom. The topological polar surface area (TPSA) is 86.5 Å². The van der Waals surface area contributed by atoms with Gasteiger partial charge in [0.15, 0.2) is 6.10 Å². The largest absolute Gasteiger partial charge is 0.445 e. The van der Waals surface area contributed by atoms with E-state index in [1.54, 1.807) is 54.6 Å². The predicted molar refractivity (Wildman–Crippen MR) is 103 cm³/mol. The number of nitro benzene ring substituents is 1. The Balaban J connectivity index is 1.98. The third kappa shape index (κ3) is 4.24. The summed E-state index contributed by atoms with van der Waals surface area (Å²) in [4.78, 5) is 36.1. The fourth-order valence-corrected chi connectivity index (χ4v) is 2.77. The number of carbonyl (C=O) groups is 2. The number of carbonyl (C=O) groups excluding carboxylic acids is 2. The van der Waals surface area contributed by atoms with Gasteiger partial charge in [-0.1, -0.05) is 66.2 Å². The van der Waals surface area contributed by atoms with Gasteiger partial charge in [-0.25, -0.2) is 4.79 Å². The van der Waals surface area contributed by atoms with Crippen LogP contribution in [0.1, 0.15) is 32.4 Å². The number of Topliss-reactive ketones (excluding diaryl/α,β-unsaturated/α-hetero) is 1. The Morgan fingerprint density at radius 2 is 1.50 bits per heavy atom. The van der Waals surface area contributed by atoms with Gasteiger partial charge in [-0.15, -0.1) is 0 Å². The number of nitrogens with zero attached hydrogens (tertiary/aromatic N) is 1. The minimum Gasteiger partial charge on any atom is -0.445 e. The second-order valence-electron chi connectivity index (χ2n) is 5.84. The molecule has 0 saturated heterocycles. The maximum atomic E-state index is 13.0. The van der Waals surface area contributed by atoms with Crippen molar-refractivity contribution in [2.45, 2.75) is 6.10 Å². The highest BCUT2D eigenvalue weighted by Crippen LogP contribution is 2.27. The average Bonchev–Trinajstić information content (AvgIpc) is 2.72. The molecule has 0 radical (unpaired) electrons. The highest BCUT2D eigenvalue weighted by molar-refractivity contribution is 6.30. The molecule has 0 amide bonds. The number of ether oxygens (including phenoxy) is 1. The van der Waals surface area contributed by atoms with Crippen molar-refractivity contribution in [2.24, 2.45) is 0 Å². The lowest BCUT2D eigenvalue weighted by atomic mass is 9.99. The predicted octanol–water partition coefficient (Wildman–Crippen LogP) is 5.03. The van der Waals surface area contributed by atoms with Crippen LogP contribution in [0.25, 0.3) is 0 Å². The minimum absolute atomic E-state index is 0.229. The van der Waals surface area contributed by atoms with E-state index in [1.165, 1.54) is 24.3 Å². The summed E-state index contributed by atoms with van der Waals surface area (Å²) < 4.78 is 5.43. The van der Waals surface area contributed by atoms with E-state index in [0.29, 0.717) is 16.1 Å². The Kier molecular flexibility index (Phi) is 5.81. The van der Waals surface area contributed by atoms with Gasteiger partial charge in [-0.3, -0.25) is 14.9 Å². The second kappa shape index (κ2) is 8.45. The van der Waals surface area contributed by atoms with Crippen molar-refractivity contribution in [3.63, 3.8) is 0 Å². The first-order valence-corrected chi connectivity index (χ1v) is 8.64. The molecule has 6 nitrogen and oxygen atoms in total. The van der Waals surface area contributed by atoms with Crippen molar-refractivity contribution in [3.05, 3.63) is 111 Å². The van der Waals surface area contributed by atoms with Gasteiger partial charge in [0.05, 0.1) is 4.92 Å². The zero-order valence-electron chi connectivity index (χ0n) is 14.4. The van der Waals surface area contributed by atoms with Gasteiger partial charge in [0, 0.05) is 22.2 Å². The van der Waals surface area contributed by atoms with Crippen LogP contribution in [0.2, 0.25) is 5.02 Å². The molecule has 3 rings (SSSR count). The van der Waals surface area contributed by atoms with E-state index in [1.807, 2.05) is 0 Å². The first kappa shape index (κ1) is 19.3. The number of benzene rings is 3. The summed E-state index contributed by atoms with van der Waals surface area (Å²) >= 11 is 5.90. The molecule has 1 atom stereocenters. The summed E-state index contributed by atoms with van der Waals surface area (Å²) in [7, 11) is 0. The standard InChI is InChI=1S/C21H14ClNO5/c22-16-12-10-15(11-13-16)20(19(24)14-6-2-1-3-7-14)28-21(25)17-8-4-5-9-18(17)23(26)27/h1-13,20H/t20-/m0/s1. The fraction of sp³-hybridized carbons (Fsp3) is 0.0476. The molecule has 0 aromatic heterocycles. The van der Waals surface area contributed by atoms with E-state index in [2.05, 4.69) is 0 Å². The van der Waals surface area contributed by atoms with Gasteiger partial charge in [0.25, 0.3) is 5.69 Å². The SMILES string of the molecule is O=C(O[C@H](C(=O)c1ccccc1)c1ccc(Cl)cc1)c1ccccc1[N+](=O)[O-]. The van der Waals surface area contributed by atoms with E-state index < -0.39 is 28.5 Å². The molecule has 3 aromatic rings. The molecule has 140 valence electrons. The molecule has 0 heterocycles. The third-order valence-corrected chi connectivity index (χ3v) is 4.27. The van der Waals surface area contributed by atoms with Crippen LogP contribution >= 0.6 is 11.6 Å². The van der Waals surface area contributed by atoms with Gasteiger partial charge < -0.3 is 4.74 Å². The molecule has 28 heavy (non-hydrogen) atoms. The quantitative estimate of drug-likeness (QED) is 0.253. The Bertz CT molecular complexity index is 1020. The summed E-state index contributed by atoms with van der Waals surface area (Å²) in [6, 6.07) is 20.0. The second-order valence-corrected chi connectivity index (χ2v) is 6.28. The first-order valence-electron chi connectivity index (χ1n) is 8.26. The summed E-state index contributed by atoms with van der Waals surface area (Å²) in [6.07, 6.45) is -1.27. The van der Waals surface area contributed by atoms with E-state index in [-0.39, 0.29) is 5.56 Å². The van der Waals surface area contributed by atoms with E-state index in [0.717, 1.165) is 0 Å². The lowest BCUT2D eigenvalue weighted by Gasteiger charge is -2.17. The molecular formula is C21H14ClNO5. The van der Waals surface area contributed by atoms with Crippen LogP contribution in [0.15, 0.2) is 78.9 Å². The smallest absolute Gasteiger partial charge is 0.346 e. The number of esters is 1. The lowest BCUT2D eigenvalue weighted by Crippen LogP contribution is -2.21. The normalized spacial score (nSPS) is 11.5. The summed E-state index contributed by atoms with van der Waals surface area (Å²) in [5.74, 6) is -1.41. The molecular weight excluding hydrogens is 382 g/mol. The molecule has 0 N–H and O–H groups in total. The van der Waals surface area contributed by atoms with Gasteiger partial charge in [-0.05, 0) is 18.2 Å². The van der Waals surface area contributed by atoms with Gasteiger partial charge in [-0.2, -0.15) is 0 Å². The van der Waals surface area contributed by atoms with Crippen LogP contribution in [0.3, 0.4) is 0 Å². The van der Waals surface area contributed by atoms with Crippen LogP contribution in [0, 0.1) is 10.1 Å². The molecule has 0 aliphatic carbocycles. The molecule has 3 aromatic carbocycles. The molecule has 7 heteroatoms. The number of para-hydroxylation sites is 1. The zero-order chi connectivity index (χ0) is 20.1. The van der Waals surface area contributed by atoms with Gasteiger partial charge >= 0.3 is 5.97 Å².